The van der Waals surface area contributed by atoms with Gasteiger partial charge in [0.05, 0.1) is 12.0 Å². The first-order chi connectivity index (χ1) is 12.9. The highest BCUT2D eigenvalue weighted by atomic mass is 15.4. The summed E-state index contributed by atoms with van der Waals surface area (Å²) in [5, 5.41) is 8.81. The second kappa shape index (κ2) is 6.66. The summed E-state index contributed by atoms with van der Waals surface area (Å²) in [5.41, 5.74) is 2.87. The lowest BCUT2D eigenvalue weighted by Crippen LogP contribution is -2.35. The highest BCUT2D eigenvalue weighted by Crippen LogP contribution is 2.33. The van der Waals surface area contributed by atoms with Gasteiger partial charge in [0.15, 0.2) is 11.5 Å². The van der Waals surface area contributed by atoms with Crippen molar-refractivity contribution < 1.29 is 0 Å². The molecule has 0 spiro atoms. The number of imidazole rings is 1. The standard InChI is InChI=1S/C18H24N8/c1-2-4-14(3-1)15-10-26(24-23-15)9-13-5-7-25(8-6-13)18-16-17(20-11-19-16)21-12-22-18/h10-14H,1-9H2,(H,19,20,21,22). The van der Waals surface area contributed by atoms with Crippen LogP contribution in [0.3, 0.4) is 0 Å². The molecule has 0 unspecified atom stereocenters. The van der Waals surface area contributed by atoms with Crippen molar-refractivity contribution in [3.05, 3.63) is 24.5 Å². The lowest BCUT2D eigenvalue weighted by atomic mass is 9.97. The molecule has 0 aromatic carbocycles. The van der Waals surface area contributed by atoms with Crippen LogP contribution in [0.1, 0.15) is 50.1 Å². The Bertz CT molecular complexity index is 870. The summed E-state index contributed by atoms with van der Waals surface area (Å²) >= 11 is 0. The van der Waals surface area contributed by atoms with E-state index in [0.29, 0.717) is 11.8 Å². The van der Waals surface area contributed by atoms with E-state index in [0.717, 1.165) is 49.5 Å². The molecule has 1 aliphatic heterocycles. The molecule has 4 heterocycles. The Balaban J connectivity index is 1.21. The highest BCUT2D eigenvalue weighted by Gasteiger charge is 2.24. The van der Waals surface area contributed by atoms with Crippen LogP contribution in [0.25, 0.3) is 11.2 Å². The van der Waals surface area contributed by atoms with E-state index in [1.54, 1.807) is 12.7 Å². The van der Waals surface area contributed by atoms with Crippen molar-refractivity contribution in [3.63, 3.8) is 0 Å². The van der Waals surface area contributed by atoms with E-state index in [1.807, 2.05) is 0 Å². The number of nitrogens with one attached hydrogen (secondary N) is 1. The Morgan fingerprint density at radius 1 is 1.04 bits per heavy atom. The Labute approximate surface area is 152 Å². The van der Waals surface area contributed by atoms with Crippen molar-refractivity contribution in [2.24, 2.45) is 5.92 Å². The van der Waals surface area contributed by atoms with E-state index in [1.165, 1.54) is 31.4 Å². The fraction of sp³-hybridized carbons (Fsp3) is 0.611. The molecule has 3 aromatic rings. The Hall–Kier alpha value is -2.51. The van der Waals surface area contributed by atoms with Gasteiger partial charge in [0, 0.05) is 31.7 Å². The van der Waals surface area contributed by atoms with Crippen LogP contribution in [0, 0.1) is 5.92 Å². The van der Waals surface area contributed by atoms with Crippen molar-refractivity contribution in [3.8, 4) is 0 Å². The third-order valence-electron chi connectivity index (χ3n) is 5.89. The Morgan fingerprint density at radius 3 is 2.73 bits per heavy atom. The van der Waals surface area contributed by atoms with E-state index >= 15 is 0 Å². The average molecular weight is 352 g/mol. The molecule has 8 nitrogen and oxygen atoms in total. The first kappa shape index (κ1) is 15.7. The van der Waals surface area contributed by atoms with Gasteiger partial charge in [-0.25, -0.2) is 15.0 Å². The number of hydrogen-bond acceptors (Lipinski definition) is 6. The number of hydrogen-bond donors (Lipinski definition) is 1. The molecule has 1 aliphatic carbocycles. The topological polar surface area (TPSA) is 88.4 Å². The monoisotopic (exact) mass is 352 g/mol. The number of H-pyrrole nitrogens is 1. The molecule has 1 saturated carbocycles. The Kier molecular flexibility index (Phi) is 4.03. The van der Waals surface area contributed by atoms with Crippen molar-refractivity contribution in [2.75, 3.05) is 18.0 Å². The molecular weight excluding hydrogens is 328 g/mol. The van der Waals surface area contributed by atoms with E-state index < -0.39 is 0 Å². The number of fused-ring (bicyclic) bond motifs is 1. The van der Waals surface area contributed by atoms with Crippen molar-refractivity contribution in [1.29, 1.82) is 0 Å². The maximum absolute atomic E-state index is 4.48. The van der Waals surface area contributed by atoms with Crippen LogP contribution in [0.4, 0.5) is 5.82 Å². The number of anilines is 1. The number of nitrogens with zero attached hydrogens (tertiary/aromatic N) is 7. The van der Waals surface area contributed by atoms with Crippen molar-refractivity contribution in [2.45, 2.75) is 51.0 Å². The predicted octanol–water partition coefficient (Wildman–Crippen LogP) is 2.52. The third kappa shape index (κ3) is 2.93. The van der Waals surface area contributed by atoms with Crippen LogP contribution in [-0.2, 0) is 6.54 Å². The molecule has 5 rings (SSSR count). The fourth-order valence-corrected chi connectivity index (χ4v) is 4.40. The molecule has 26 heavy (non-hydrogen) atoms. The average Bonchev–Trinajstić information content (AvgIpc) is 3.42. The molecule has 1 N–H and O–H groups in total. The smallest absolute Gasteiger partial charge is 0.182 e. The van der Waals surface area contributed by atoms with E-state index in [-0.39, 0.29) is 0 Å². The summed E-state index contributed by atoms with van der Waals surface area (Å²) in [5.74, 6) is 2.25. The first-order valence-electron chi connectivity index (χ1n) is 9.66. The van der Waals surface area contributed by atoms with Gasteiger partial charge in [0.2, 0.25) is 0 Å². The lowest BCUT2D eigenvalue weighted by Gasteiger charge is -2.32. The minimum Gasteiger partial charge on any atom is -0.355 e. The number of rotatable bonds is 4. The minimum absolute atomic E-state index is 0.639. The number of aromatic amines is 1. The second-order valence-corrected chi connectivity index (χ2v) is 7.58. The van der Waals surface area contributed by atoms with Crippen LogP contribution in [0.5, 0.6) is 0 Å². The van der Waals surface area contributed by atoms with Gasteiger partial charge in [-0.1, -0.05) is 18.1 Å². The molecule has 8 heteroatoms. The predicted molar refractivity (Wildman–Crippen MR) is 97.9 cm³/mol. The van der Waals surface area contributed by atoms with Crippen molar-refractivity contribution >= 4 is 17.0 Å². The first-order valence-corrected chi connectivity index (χ1v) is 9.66. The summed E-state index contributed by atoms with van der Waals surface area (Å²) in [4.78, 5) is 18.4. The normalized spacial score (nSPS) is 19.6. The van der Waals surface area contributed by atoms with Crippen LogP contribution >= 0.6 is 0 Å². The molecular formula is C18H24N8. The van der Waals surface area contributed by atoms with Crippen LogP contribution < -0.4 is 4.90 Å². The summed E-state index contributed by atoms with van der Waals surface area (Å²) < 4.78 is 2.06. The molecule has 1 saturated heterocycles. The number of aromatic nitrogens is 7. The molecule has 136 valence electrons. The summed E-state index contributed by atoms with van der Waals surface area (Å²) in [6, 6.07) is 0. The maximum atomic E-state index is 4.48. The van der Waals surface area contributed by atoms with Crippen LogP contribution in [-0.4, -0.2) is 48.0 Å². The van der Waals surface area contributed by atoms with Gasteiger partial charge < -0.3 is 9.88 Å². The molecule has 0 amide bonds. The quantitative estimate of drug-likeness (QED) is 0.776. The molecule has 0 bridgehead atoms. The van der Waals surface area contributed by atoms with E-state index in [9.17, 15) is 0 Å². The molecule has 0 radical (unpaired) electrons. The lowest BCUT2D eigenvalue weighted by molar-refractivity contribution is 0.338. The minimum atomic E-state index is 0.639. The third-order valence-corrected chi connectivity index (χ3v) is 5.89. The van der Waals surface area contributed by atoms with Gasteiger partial charge in [0.25, 0.3) is 0 Å². The van der Waals surface area contributed by atoms with Gasteiger partial charge >= 0.3 is 0 Å². The van der Waals surface area contributed by atoms with Crippen LogP contribution in [0.2, 0.25) is 0 Å². The van der Waals surface area contributed by atoms with Gasteiger partial charge in [-0.2, -0.15) is 0 Å². The zero-order valence-electron chi connectivity index (χ0n) is 14.9. The molecule has 2 fully saturated rings. The van der Waals surface area contributed by atoms with Crippen molar-refractivity contribution in [1.82, 2.24) is 34.9 Å². The summed E-state index contributed by atoms with van der Waals surface area (Å²) in [7, 11) is 0. The second-order valence-electron chi connectivity index (χ2n) is 7.58. The zero-order valence-corrected chi connectivity index (χ0v) is 14.9. The van der Waals surface area contributed by atoms with Crippen LogP contribution in [0.15, 0.2) is 18.9 Å². The SMILES string of the molecule is c1nc(N2CCC(Cn3cc(C4CCCC4)nn3)CC2)c2[nH]cnc2n1. The van der Waals surface area contributed by atoms with E-state index in [2.05, 4.69) is 46.0 Å². The van der Waals surface area contributed by atoms with E-state index in [4.69, 9.17) is 0 Å². The molecule has 0 atom stereocenters. The van der Waals surface area contributed by atoms with Gasteiger partial charge in [-0.05, 0) is 31.6 Å². The number of piperidine rings is 1. The fourth-order valence-electron chi connectivity index (χ4n) is 4.40. The molecule has 2 aliphatic rings. The summed E-state index contributed by atoms with van der Waals surface area (Å²) in [6.45, 7) is 2.97. The summed E-state index contributed by atoms with van der Waals surface area (Å²) in [6.07, 6.45) is 13.0. The van der Waals surface area contributed by atoms with Gasteiger partial charge in [0.1, 0.15) is 11.8 Å². The highest BCUT2D eigenvalue weighted by molar-refractivity contribution is 5.82. The van der Waals surface area contributed by atoms with Gasteiger partial charge in [-0.15, -0.1) is 5.10 Å². The maximum Gasteiger partial charge on any atom is 0.182 e. The zero-order chi connectivity index (χ0) is 17.3. The molecule has 3 aromatic heterocycles. The largest absolute Gasteiger partial charge is 0.355 e. The van der Waals surface area contributed by atoms with Gasteiger partial charge in [-0.3, -0.25) is 4.68 Å². The Morgan fingerprint density at radius 2 is 1.88 bits per heavy atom.